The van der Waals surface area contributed by atoms with Crippen molar-refractivity contribution in [3.8, 4) is 11.3 Å². The number of fused-ring (bicyclic) bond motifs is 1. The average Bonchev–Trinajstić information content (AvgIpc) is 2.70. The molecule has 0 bridgehead atoms. The van der Waals surface area contributed by atoms with Crippen LogP contribution >= 0.6 is 0 Å². The zero-order valence-corrected chi connectivity index (χ0v) is 15.4. The molecule has 0 radical (unpaired) electrons. The van der Waals surface area contributed by atoms with Crippen molar-refractivity contribution in [2.75, 3.05) is 18.0 Å². The van der Waals surface area contributed by atoms with Gasteiger partial charge in [-0.2, -0.15) is 0 Å². The lowest BCUT2D eigenvalue weighted by molar-refractivity contribution is 0.331. The van der Waals surface area contributed by atoms with Gasteiger partial charge in [-0.05, 0) is 37.3 Å². The van der Waals surface area contributed by atoms with Crippen molar-refractivity contribution in [2.45, 2.75) is 57.9 Å². The van der Waals surface area contributed by atoms with Crippen LogP contribution in [-0.2, 0) is 6.54 Å². The molecule has 0 spiro atoms. The van der Waals surface area contributed by atoms with Crippen molar-refractivity contribution in [2.24, 2.45) is 5.92 Å². The van der Waals surface area contributed by atoms with Crippen LogP contribution in [0.25, 0.3) is 11.3 Å². The fraction of sp³-hybridized carbons (Fsp3) is 0.571. The van der Waals surface area contributed by atoms with Crippen molar-refractivity contribution in [3.63, 3.8) is 0 Å². The molecule has 4 rings (SSSR count). The summed E-state index contributed by atoms with van der Waals surface area (Å²) in [6.45, 7) is 2.77. The first-order valence-corrected chi connectivity index (χ1v) is 10.1. The van der Waals surface area contributed by atoms with Crippen molar-refractivity contribution in [1.29, 1.82) is 0 Å². The first-order valence-electron chi connectivity index (χ1n) is 10.1. The van der Waals surface area contributed by atoms with Gasteiger partial charge >= 0.3 is 0 Å². The fourth-order valence-electron chi connectivity index (χ4n) is 4.39. The van der Waals surface area contributed by atoms with Gasteiger partial charge in [0.15, 0.2) is 0 Å². The van der Waals surface area contributed by atoms with Crippen LogP contribution in [0, 0.1) is 5.92 Å². The largest absolute Gasteiger partial charge is 0.342 e. The predicted octanol–water partition coefficient (Wildman–Crippen LogP) is 3.88. The van der Waals surface area contributed by atoms with Crippen molar-refractivity contribution < 1.29 is 0 Å². The Balaban J connectivity index is 1.50. The summed E-state index contributed by atoms with van der Waals surface area (Å²) in [7, 11) is 0. The van der Waals surface area contributed by atoms with Crippen molar-refractivity contribution in [1.82, 2.24) is 14.5 Å². The van der Waals surface area contributed by atoms with Gasteiger partial charge < -0.3 is 4.90 Å². The lowest BCUT2D eigenvalue weighted by Crippen LogP contribution is -2.39. The molecule has 26 heavy (non-hydrogen) atoms. The van der Waals surface area contributed by atoms with E-state index in [0.717, 1.165) is 49.2 Å². The minimum atomic E-state index is 0.0544. The summed E-state index contributed by atoms with van der Waals surface area (Å²) < 4.78 is 1.84. The normalized spacial score (nSPS) is 17.9. The minimum Gasteiger partial charge on any atom is -0.342 e. The SMILES string of the molecule is O=c1cc(-c2ccncc2)nc2n1CCCN2CCCC1CCCCC1. The Morgan fingerprint density at radius 3 is 2.65 bits per heavy atom. The molecule has 3 heterocycles. The maximum atomic E-state index is 12.6. The zero-order valence-electron chi connectivity index (χ0n) is 15.4. The third-order valence-corrected chi connectivity index (χ3v) is 5.82. The Labute approximate surface area is 155 Å². The Morgan fingerprint density at radius 2 is 1.85 bits per heavy atom. The highest BCUT2D eigenvalue weighted by Crippen LogP contribution is 2.28. The number of pyridine rings is 1. The van der Waals surface area contributed by atoms with E-state index in [0.29, 0.717) is 0 Å². The molecule has 2 aromatic rings. The smallest absolute Gasteiger partial charge is 0.255 e. The van der Waals surface area contributed by atoms with Gasteiger partial charge in [-0.1, -0.05) is 32.1 Å². The van der Waals surface area contributed by atoms with E-state index in [-0.39, 0.29) is 5.56 Å². The van der Waals surface area contributed by atoms with Crippen LogP contribution in [0.1, 0.15) is 51.4 Å². The topological polar surface area (TPSA) is 51.0 Å². The Morgan fingerprint density at radius 1 is 1.04 bits per heavy atom. The van der Waals surface area contributed by atoms with Crippen LogP contribution in [0.5, 0.6) is 0 Å². The predicted molar refractivity (Wildman–Crippen MR) is 104 cm³/mol. The molecule has 5 nitrogen and oxygen atoms in total. The summed E-state index contributed by atoms with van der Waals surface area (Å²) in [5.74, 6) is 1.76. The van der Waals surface area contributed by atoms with Crippen LogP contribution in [0.3, 0.4) is 0 Å². The zero-order chi connectivity index (χ0) is 17.8. The van der Waals surface area contributed by atoms with Crippen LogP contribution in [0.4, 0.5) is 5.95 Å². The molecule has 0 unspecified atom stereocenters. The van der Waals surface area contributed by atoms with E-state index < -0.39 is 0 Å². The fourth-order valence-corrected chi connectivity index (χ4v) is 4.39. The summed E-state index contributed by atoms with van der Waals surface area (Å²) >= 11 is 0. The molecule has 1 saturated carbocycles. The molecule has 1 aliphatic carbocycles. The van der Waals surface area contributed by atoms with E-state index in [9.17, 15) is 4.79 Å². The molecule has 2 aromatic heterocycles. The molecule has 0 saturated heterocycles. The maximum absolute atomic E-state index is 12.6. The summed E-state index contributed by atoms with van der Waals surface area (Å²) in [6, 6.07) is 5.48. The standard InChI is InChI=1S/C21H28N4O/c26-20-16-19(18-9-11-22-12-10-18)23-21-24(14-5-15-25(20)21)13-4-8-17-6-2-1-3-7-17/h9-12,16-17H,1-8,13-15H2. The average molecular weight is 352 g/mol. The van der Waals surface area contributed by atoms with Gasteiger partial charge in [0.05, 0.1) is 5.69 Å². The Kier molecular flexibility index (Phi) is 5.32. The van der Waals surface area contributed by atoms with Gasteiger partial charge in [0, 0.05) is 43.7 Å². The molecule has 0 atom stereocenters. The molecule has 0 aromatic carbocycles. The third-order valence-electron chi connectivity index (χ3n) is 5.82. The number of hydrogen-bond donors (Lipinski definition) is 0. The van der Waals surface area contributed by atoms with Crippen LogP contribution in [-0.4, -0.2) is 27.6 Å². The van der Waals surface area contributed by atoms with E-state index >= 15 is 0 Å². The second kappa shape index (κ2) is 8.02. The van der Waals surface area contributed by atoms with Crippen molar-refractivity contribution in [3.05, 3.63) is 40.9 Å². The highest BCUT2D eigenvalue weighted by atomic mass is 16.1. The quantitative estimate of drug-likeness (QED) is 0.819. The van der Waals surface area contributed by atoms with E-state index in [1.54, 1.807) is 18.5 Å². The highest BCUT2D eigenvalue weighted by Gasteiger charge is 2.21. The van der Waals surface area contributed by atoms with E-state index in [1.165, 1.54) is 44.9 Å². The molecule has 138 valence electrons. The van der Waals surface area contributed by atoms with Gasteiger partial charge in [0.25, 0.3) is 5.56 Å². The van der Waals surface area contributed by atoms with Gasteiger partial charge in [-0.25, -0.2) is 4.98 Å². The summed E-state index contributed by atoms with van der Waals surface area (Å²) in [4.78, 5) is 23.8. The molecular formula is C21H28N4O. The summed E-state index contributed by atoms with van der Waals surface area (Å²) in [6.07, 6.45) is 14.1. The Hall–Kier alpha value is -2.17. The number of hydrogen-bond acceptors (Lipinski definition) is 4. The second-order valence-corrected chi connectivity index (χ2v) is 7.65. The van der Waals surface area contributed by atoms with Crippen LogP contribution in [0.2, 0.25) is 0 Å². The Bertz CT molecular complexity index is 780. The number of anilines is 1. The molecule has 0 amide bonds. The van der Waals surface area contributed by atoms with E-state index in [4.69, 9.17) is 4.98 Å². The first kappa shape index (κ1) is 17.3. The maximum Gasteiger partial charge on any atom is 0.255 e. The highest BCUT2D eigenvalue weighted by molar-refractivity contribution is 5.59. The summed E-state index contributed by atoms with van der Waals surface area (Å²) in [5.41, 5.74) is 1.76. The third kappa shape index (κ3) is 3.81. The van der Waals surface area contributed by atoms with Crippen LogP contribution in [0.15, 0.2) is 35.4 Å². The van der Waals surface area contributed by atoms with E-state index in [2.05, 4.69) is 9.88 Å². The van der Waals surface area contributed by atoms with Gasteiger partial charge in [-0.3, -0.25) is 14.3 Å². The molecule has 1 fully saturated rings. The lowest BCUT2D eigenvalue weighted by atomic mass is 9.86. The van der Waals surface area contributed by atoms with Gasteiger partial charge in [0.2, 0.25) is 5.95 Å². The number of rotatable bonds is 5. The summed E-state index contributed by atoms with van der Waals surface area (Å²) in [5, 5.41) is 0. The minimum absolute atomic E-state index is 0.0544. The molecule has 0 N–H and O–H groups in total. The second-order valence-electron chi connectivity index (χ2n) is 7.65. The lowest BCUT2D eigenvalue weighted by Gasteiger charge is -2.31. The van der Waals surface area contributed by atoms with Gasteiger partial charge in [-0.15, -0.1) is 0 Å². The number of aromatic nitrogens is 3. The molecule has 1 aliphatic heterocycles. The van der Waals surface area contributed by atoms with E-state index in [1.807, 2.05) is 16.7 Å². The van der Waals surface area contributed by atoms with Crippen LogP contribution < -0.4 is 10.5 Å². The molecular weight excluding hydrogens is 324 g/mol. The number of nitrogens with zero attached hydrogens (tertiary/aromatic N) is 4. The molecule has 5 heteroatoms. The monoisotopic (exact) mass is 352 g/mol. The van der Waals surface area contributed by atoms with Gasteiger partial charge in [0.1, 0.15) is 0 Å². The molecule has 2 aliphatic rings. The first-order chi connectivity index (χ1) is 12.8. The van der Waals surface area contributed by atoms with Crippen molar-refractivity contribution >= 4 is 5.95 Å².